The van der Waals surface area contributed by atoms with Gasteiger partial charge < -0.3 is 4.42 Å². The first-order chi connectivity index (χ1) is 12.1. The van der Waals surface area contributed by atoms with Gasteiger partial charge >= 0.3 is 0 Å². The predicted molar refractivity (Wildman–Crippen MR) is 90.3 cm³/mol. The molecule has 25 heavy (non-hydrogen) atoms. The van der Waals surface area contributed by atoms with E-state index < -0.39 is 4.92 Å². The van der Waals surface area contributed by atoms with E-state index in [0.717, 1.165) is 0 Å². The van der Waals surface area contributed by atoms with Gasteiger partial charge in [0.1, 0.15) is 5.82 Å². The number of non-ortho nitro benzene ring substituents is 1. The van der Waals surface area contributed by atoms with Crippen molar-refractivity contribution in [2.24, 2.45) is 0 Å². The number of para-hydroxylation sites is 2. The Morgan fingerprint density at radius 2 is 1.92 bits per heavy atom. The highest BCUT2D eigenvalue weighted by Crippen LogP contribution is 2.28. The van der Waals surface area contributed by atoms with Crippen LogP contribution in [0, 0.1) is 10.1 Å². The van der Waals surface area contributed by atoms with Crippen molar-refractivity contribution >= 4 is 22.6 Å². The summed E-state index contributed by atoms with van der Waals surface area (Å²) in [4.78, 5) is 28.0. The van der Waals surface area contributed by atoms with Crippen LogP contribution < -0.4 is 0 Å². The summed E-state index contributed by atoms with van der Waals surface area (Å²) in [7, 11) is 0. The maximum Gasteiger partial charge on any atom is 0.299 e. The number of rotatable bonds is 3. The van der Waals surface area contributed by atoms with Gasteiger partial charge in [-0.1, -0.05) is 24.3 Å². The number of nitro benzene ring substituents is 1. The molecular formula is C18H11N3O4. The summed E-state index contributed by atoms with van der Waals surface area (Å²) in [5.74, 6) is 0.0985. The standard InChI is InChI=1S/C18H11N3O4/c22-18(16-9-4-10-25-16)20-15-8-2-1-7-14(15)19-17(20)12-5-3-6-13(11-12)21(23)24/h1-11H. The topological polar surface area (TPSA) is 91.2 Å². The summed E-state index contributed by atoms with van der Waals surface area (Å²) in [5.41, 5.74) is 1.63. The maximum absolute atomic E-state index is 12.9. The highest BCUT2D eigenvalue weighted by atomic mass is 16.6. The molecule has 0 N–H and O–H groups in total. The molecule has 2 aromatic heterocycles. The van der Waals surface area contributed by atoms with Gasteiger partial charge in [-0.15, -0.1) is 0 Å². The van der Waals surface area contributed by atoms with Crippen LogP contribution in [-0.4, -0.2) is 20.4 Å². The van der Waals surface area contributed by atoms with E-state index >= 15 is 0 Å². The monoisotopic (exact) mass is 333 g/mol. The number of furan rings is 1. The fourth-order valence-electron chi connectivity index (χ4n) is 2.69. The van der Waals surface area contributed by atoms with Gasteiger partial charge in [-0.2, -0.15) is 0 Å². The third-order valence-corrected chi connectivity index (χ3v) is 3.81. The number of imidazole rings is 1. The van der Waals surface area contributed by atoms with Crippen LogP contribution >= 0.6 is 0 Å². The highest BCUT2D eigenvalue weighted by molar-refractivity contribution is 6.02. The molecular weight excluding hydrogens is 322 g/mol. The number of carbonyl (C=O) groups excluding carboxylic acids is 1. The zero-order valence-corrected chi connectivity index (χ0v) is 12.8. The molecule has 4 rings (SSSR count). The zero-order chi connectivity index (χ0) is 17.4. The Bertz CT molecular complexity index is 1100. The summed E-state index contributed by atoms with van der Waals surface area (Å²) < 4.78 is 6.62. The van der Waals surface area contributed by atoms with Crippen LogP contribution in [0.3, 0.4) is 0 Å². The molecule has 0 atom stereocenters. The normalized spacial score (nSPS) is 10.9. The first-order valence-electron chi connectivity index (χ1n) is 7.45. The van der Waals surface area contributed by atoms with Crippen LogP contribution in [0.2, 0.25) is 0 Å². The van der Waals surface area contributed by atoms with Gasteiger partial charge in [0.15, 0.2) is 5.76 Å². The molecule has 0 radical (unpaired) electrons. The second kappa shape index (κ2) is 5.72. The van der Waals surface area contributed by atoms with E-state index in [9.17, 15) is 14.9 Å². The molecule has 7 heteroatoms. The molecule has 0 aliphatic heterocycles. The minimum Gasteiger partial charge on any atom is -0.459 e. The van der Waals surface area contributed by atoms with Crippen LogP contribution in [0.1, 0.15) is 10.6 Å². The molecule has 7 nitrogen and oxygen atoms in total. The van der Waals surface area contributed by atoms with Crippen LogP contribution in [0.5, 0.6) is 0 Å². The van der Waals surface area contributed by atoms with E-state index in [0.29, 0.717) is 22.4 Å². The summed E-state index contributed by atoms with van der Waals surface area (Å²) in [6.45, 7) is 0. The number of nitro groups is 1. The van der Waals surface area contributed by atoms with Crippen LogP contribution in [-0.2, 0) is 0 Å². The molecule has 0 saturated heterocycles. The second-order valence-electron chi connectivity index (χ2n) is 5.35. The predicted octanol–water partition coefficient (Wildman–Crippen LogP) is 3.89. The number of carbonyl (C=O) groups is 1. The Labute approximate surface area is 141 Å². The second-order valence-corrected chi connectivity index (χ2v) is 5.35. The number of nitrogens with zero attached hydrogens (tertiary/aromatic N) is 3. The number of hydrogen-bond acceptors (Lipinski definition) is 5. The first kappa shape index (κ1) is 14.8. The number of fused-ring (bicyclic) bond motifs is 1. The van der Waals surface area contributed by atoms with Crippen molar-refractivity contribution < 1.29 is 14.1 Å². The summed E-state index contributed by atoms with van der Waals surface area (Å²) in [5, 5.41) is 11.1. The van der Waals surface area contributed by atoms with E-state index in [2.05, 4.69) is 4.98 Å². The number of aromatic nitrogens is 2. The van der Waals surface area contributed by atoms with E-state index in [4.69, 9.17) is 4.42 Å². The largest absolute Gasteiger partial charge is 0.459 e. The summed E-state index contributed by atoms with van der Waals surface area (Å²) in [6, 6.07) is 16.4. The SMILES string of the molecule is O=C(c1ccco1)n1c(-c2cccc([N+](=O)[O-])c2)nc2ccccc21. The molecule has 2 aromatic carbocycles. The fourth-order valence-corrected chi connectivity index (χ4v) is 2.69. The Morgan fingerprint density at radius 3 is 2.68 bits per heavy atom. The van der Waals surface area contributed by atoms with Gasteiger partial charge in [-0.3, -0.25) is 19.5 Å². The smallest absolute Gasteiger partial charge is 0.299 e. The van der Waals surface area contributed by atoms with Crippen molar-refractivity contribution in [2.45, 2.75) is 0 Å². The minimum absolute atomic E-state index is 0.0680. The lowest BCUT2D eigenvalue weighted by atomic mass is 10.2. The third-order valence-electron chi connectivity index (χ3n) is 3.81. The maximum atomic E-state index is 12.9. The summed E-state index contributed by atoms with van der Waals surface area (Å²) >= 11 is 0. The van der Waals surface area contributed by atoms with Gasteiger partial charge in [0.2, 0.25) is 0 Å². The minimum atomic E-state index is -0.481. The fraction of sp³-hybridized carbons (Fsp3) is 0. The lowest BCUT2D eigenvalue weighted by Crippen LogP contribution is -2.12. The average molecular weight is 333 g/mol. The molecule has 0 spiro atoms. The Kier molecular flexibility index (Phi) is 3.39. The molecule has 0 fully saturated rings. The molecule has 122 valence electrons. The van der Waals surface area contributed by atoms with Gasteiger partial charge in [0.05, 0.1) is 22.2 Å². The Morgan fingerprint density at radius 1 is 1.08 bits per heavy atom. The van der Waals surface area contributed by atoms with E-state index in [1.54, 1.807) is 42.5 Å². The van der Waals surface area contributed by atoms with Crippen molar-refractivity contribution in [1.82, 2.24) is 9.55 Å². The molecule has 0 amide bonds. The molecule has 0 unspecified atom stereocenters. The van der Waals surface area contributed by atoms with Crippen molar-refractivity contribution in [3.8, 4) is 11.4 Å². The molecule has 4 aromatic rings. The van der Waals surface area contributed by atoms with Crippen LogP contribution in [0.15, 0.2) is 71.3 Å². The average Bonchev–Trinajstić information content (AvgIpc) is 3.29. The summed E-state index contributed by atoms with van der Waals surface area (Å²) in [6.07, 6.45) is 1.42. The molecule has 0 saturated carbocycles. The number of benzene rings is 2. The Balaban J connectivity index is 1.98. The van der Waals surface area contributed by atoms with E-state index in [1.807, 2.05) is 6.07 Å². The molecule has 0 aliphatic rings. The lowest BCUT2D eigenvalue weighted by Gasteiger charge is -2.06. The molecule has 0 aliphatic carbocycles. The van der Waals surface area contributed by atoms with E-state index in [-0.39, 0.29) is 17.4 Å². The van der Waals surface area contributed by atoms with E-state index in [1.165, 1.54) is 23.0 Å². The van der Waals surface area contributed by atoms with Crippen molar-refractivity contribution in [3.05, 3.63) is 82.8 Å². The van der Waals surface area contributed by atoms with Crippen LogP contribution in [0.25, 0.3) is 22.4 Å². The third kappa shape index (κ3) is 2.47. The Hall–Kier alpha value is -3.74. The molecule has 0 bridgehead atoms. The van der Waals surface area contributed by atoms with Crippen molar-refractivity contribution in [3.63, 3.8) is 0 Å². The quantitative estimate of drug-likeness (QED) is 0.419. The van der Waals surface area contributed by atoms with Crippen molar-refractivity contribution in [1.29, 1.82) is 0 Å². The van der Waals surface area contributed by atoms with Gasteiger partial charge in [0.25, 0.3) is 11.6 Å². The zero-order valence-electron chi connectivity index (χ0n) is 12.8. The van der Waals surface area contributed by atoms with Crippen molar-refractivity contribution in [2.75, 3.05) is 0 Å². The molecule has 2 heterocycles. The first-order valence-corrected chi connectivity index (χ1v) is 7.45. The van der Waals surface area contributed by atoms with Gasteiger partial charge in [-0.25, -0.2) is 4.98 Å². The number of hydrogen-bond donors (Lipinski definition) is 0. The van der Waals surface area contributed by atoms with Gasteiger partial charge in [-0.05, 0) is 24.3 Å². The van der Waals surface area contributed by atoms with Crippen LogP contribution in [0.4, 0.5) is 5.69 Å². The highest BCUT2D eigenvalue weighted by Gasteiger charge is 2.22. The van der Waals surface area contributed by atoms with Gasteiger partial charge in [0, 0.05) is 17.7 Å². The lowest BCUT2D eigenvalue weighted by molar-refractivity contribution is -0.384.